The highest BCUT2D eigenvalue weighted by atomic mass is 15.4. The number of piperazine rings is 1. The average Bonchev–Trinajstić information content (AvgIpc) is 2.33. The van der Waals surface area contributed by atoms with Crippen LogP contribution in [0.2, 0.25) is 0 Å². The van der Waals surface area contributed by atoms with Crippen LogP contribution in [-0.2, 0) is 0 Å². The molecule has 1 N–H and O–H groups in total. The van der Waals surface area contributed by atoms with Gasteiger partial charge in [-0.3, -0.25) is 0 Å². The molecule has 1 fully saturated rings. The molecule has 3 nitrogen and oxygen atoms in total. The lowest BCUT2D eigenvalue weighted by molar-refractivity contribution is 0.140. The molecule has 1 saturated heterocycles. The molecule has 2 aliphatic rings. The zero-order chi connectivity index (χ0) is 6.97. The minimum absolute atomic E-state index is 0.429. The lowest BCUT2D eigenvalue weighted by atomic mass is 10.3. The third-order valence-corrected chi connectivity index (χ3v) is 2.02. The highest BCUT2D eigenvalue weighted by molar-refractivity contribution is 5.08. The largest absolute Gasteiger partial charge is 0.321 e. The lowest BCUT2D eigenvalue weighted by Crippen LogP contribution is -2.52. The minimum Gasteiger partial charge on any atom is -0.321 e. The Morgan fingerprint density at radius 2 is 2.40 bits per heavy atom. The van der Waals surface area contributed by atoms with Gasteiger partial charge in [-0.2, -0.15) is 0 Å². The van der Waals surface area contributed by atoms with E-state index in [0.717, 1.165) is 19.6 Å². The van der Waals surface area contributed by atoms with Crippen LogP contribution in [0.4, 0.5) is 0 Å². The van der Waals surface area contributed by atoms with Gasteiger partial charge in [0.25, 0.3) is 0 Å². The molecule has 2 rings (SSSR count). The SMILES string of the molecule is CN1CCN2C#CNC2C1. The van der Waals surface area contributed by atoms with Crippen molar-refractivity contribution in [1.82, 2.24) is 15.1 Å². The summed E-state index contributed by atoms with van der Waals surface area (Å²) in [7, 11) is 2.14. The summed E-state index contributed by atoms with van der Waals surface area (Å²) < 4.78 is 0. The summed E-state index contributed by atoms with van der Waals surface area (Å²) in [6.07, 6.45) is 0.429. The van der Waals surface area contributed by atoms with Gasteiger partial charge < -0.3 is 15.1 Å². The summed E-state index contributed by atoms with van der Waals surface area (Å²) in [5.74, 6) is 0. The van der Waals surface area contributed by atoms with E-state index < -0.39 is 0 Å². The second kappa shape index (κ2) is 2.06. The third kappa shape index (κ3) is 0.812. The van der Waals surface area contributed by atoms with Gasteiger partial charge >= 0.3 is 0 Å². The summed E-state index contributed by atoms with van der Waals surface area (Å²) in [5, 5.41) is 3.11. The van der Waals surface area contributed by atoms with E-state index in [9.17, 15) is 0 Å². The van der Waals surface area contributed by atoms with Crippen molar-refractivity contribution < 1.29 is 0 Å². The first-order chi connectivity index (χ1) is 4.86. The monoisotopic (exact) mass is 137 g/mol. The van der Waals surface area contributed by atoms with Crippen LogP contribution in [0, 0.1) is 12.1 Å². The van der Waals surface area contributed by atoms with Gasteiger partial charge in [-0.15, -0.1) is 0 Å². The molecular formula is C7H11N3. The molecule has 0 aromatic carbocycles. The predicted molar refractivity (Wildman–Crippen MR) is 38.9 cm³/mol. The van der Waals surface area contributed by atoms with Gasteiger partial charge in [0.1, 0.15) is 6.17 Å². The number of hydrogen-bond acceptors (Lipinski definition) is 3. The second-order valence-corrected chi connectivity index (χ2v) is 2.85. The highest BCUT2D eigenvalue weighted by Crippen LogP contribution is 2.06. The van der Waals surface area contributed by atoms with E-state index in [0.29, 0.717) is 6.17 Å². The van der Waals surface area contributed by atoms with Gasteiger partial charge in [-0.1, -0.05) is 0 Å². The summed E-state index contributed by atoms with van der Waals surface area (Å²) in [5.41, 5.74) is 0. The molecule has 0 amide bonds. The number of likely N-dealkylation sites (N-methyl/N-ethyl adjacent to an activating group) is 1. The molecule has 0 saturated carbocycles. The molecule has 0 spiro atoms. The molecule has 3 heteroatoms. The van der Waals surface area contributed by atoms with Crippen LogP contribution in [0.3, 0.4) is 0 Å². The Labute approximate surface area is 61.0 Å². The van der Waals surface area contributed by atoms with Gasteiger partial charge in [0.2, 0.25) is 0 Å². The van der Waals surface area contributed by atoms with E-state index in [1.165, 1.54) is 0 Å². The maximum absolute atomic E-state index is 3.11. The molecule has 1 unspecified atom stereocenters. The average molecular weight is 137 g/mol. The van der Waals surface area contributed by atoms with Crippen molar-refractivity contribution in [1.29, 1.82) is 0 Å². The van der Waals surface area contributed by atoms with Gasteiger partial charge in [-0.25, -0.2) is 0 Å². The van der Waals surface area contributed by atoms with Crippen molar-refractivity contribution in [3.63, 3.8) is 0 Å². The number of nitrogens with zero attached hydrogens (tertiary/aromatic N) is 2. The van der Waals surface area contributed by atoms with Crippen LogP contribution in [0.15, 0.2) is 0 Å². The smallest absolute Gasteiger partial charge is 0.126 e. The van der Waals surface area contributed by atoms with Crippen molar-refractivity contribution >= 4 is 0 Å². The van der Waals surface area contributed by atoms with E-state index in [1.807, 2.05) is 0 Å². The Kier molecular flexibility index (Phi) is 1.21. The van der Waals surface area contributed by atoms with Crippen molar-refractivity contribution in [2.24, 2.45) is 0 Å². The van der Waals surface area contributed by atoms with Crippen LogP contribution < -0.4 is 5.32 Å². The molecule has 0 radical (unpaired) electrons. The van der Waals surface area contributed by atoms with Gasteiger partial charge in [0, 0.05) is 31.7 Å². The van der Waals surface area contributed by atoms with Gasteiger partial charge in [0.15, 0.2) is 0 Å². The van der Waals surface area contributed by atoms with E-state index in [2.05, 4.69) is 34.3 Å². The van der Waals surface area contributed by atoms with Crippen LogP contribution in [0.1, 0.15) is 0 Å². The van der Waals surface area contributed by atoms with Gasteiger partial charge in [-0.05, 0) is 7.05 Å². The molecule has 0 bridgehead atoms. The topological polar surface area (TPSA) is 18.5 Å². The van der Waals surface area contributed by atoms with E-state index in [1.54, 1.807) is 0 Å². The van der Waals surface area contributed by atoms with Crippen LogP contribution in [-0.4, -0.2) is 42.6 Å². The molecule has 0 aromatic rings. The van der Waals surface area contributed by atoms with Crippen molar-refractivity contribution in [2.75, 3.05) is 26.7 Å². The first-order valence-electron chi connectivity index (χ1n) is 3.57. The van der Waals surface area contributed by atoms with Crippen LogP contribution in [0.25, 0.3) is 0 Å². The minimum atomic E-state index is 0.429. The van der Waals surface area contributed by atoms with Gasteiger partial charge in [0.05, 0.1) is 0 Å². The quantitative estimate of drug-likeness (QED) is 0.436. The summed E-state index contributed by atoms with van der Waals surface area (Å²) in [6, 6.07) is 5.91. The molecule has 10 heavy (non-hydrogen) atoms. The molecule has 0 aliphatic carbocycles. The Morgan fingerprint density at radius 1 is 1.50 bits per heavy atom. The standard InChI is InChI=1S/C7H11N3/c1-9-4-5-10-3-2-8-7(10)6-9/h7-8H,4-6H2,1H3. The number of fused-ring (bicyclic) bond motifs is 1. The number of nitrogens with one attached hydrogen (secondary N) is 1. The van der Waals surface area contributed by atoms with Crippen LogP contribution in [0.5, 0.6) is 0 Å². The van der Waals surface area contributed by atoms with E-state index >= 15 is 0 Å². The molecule has 1 atom stereocenters. The third-order valence-electron chi connectivity index (χ3n) is 2.02. The fraction of sp³-hybridized carbons (Fsp3) is 0.714. The Morgan fingerprint density at radius 3 is 3.30 bits per heavy atom. The lowest BCUT2D eigenvalue weighted by Gasteiger charge is -2.34. The highest BCUT2D eigenvalue weighted by Gasteiger charge is 2.24. The van der Waals surface area contributed by atoms with Crippen LogP contribution >= 0.6 is 0 Å². The Hall–Kier alpha value is -0.880. The number of hydrogen-bond donors (Lipinski definition) is 1. The number of rotatable bonds is 0. The predicted octanol–water partition coefficient (Wildman–Crippen LogP) is -0.918. The fourth-order valence-corrected chi connectivity index (χ4v) is 1.36. The first kappa shape index (κ1) is 5.87. The first-order valence-corrected chi connectivity index (χ1v) is 3.57. The summed E-state index contributed by atoms with van der Waals surface area (Å²) in [6.45, 7) is 3.27. The van der Waals surface area contributed by atoms with Crippen molar-refractivity contribution in [3.8, 4) is 12.1 Å². The van der Waals surface area contributed by atoms with Crippen molar-refractivity contribution in [2.45, 2.75) is 6.17 Å². The fourth-order valence-electron chi connectivity index (χ4n) is 1.36. The molecular weight excluding hydrogens is 126 g/mol. The second-order valence-electron chi connectivity index (χ2n) is 2.85. The normalized spacial score (nSPS) is 30.5. The molecule has 2 aliphatic heterocycles. The Bertz CT molecular complexity index is 191. The summed E-state index contributed by atoms with van der Waals surface area (Å²) in [4.78, 5) is 4.48. The summed E-state index contributed by atoms with van der Waals surface area (Å²) >= 11 is 0. The zero-order valence-electron chi connectivity index (χ0n) is 6.09. The van der Waals surface area contributed by atoms with E-state index in [-0.39, 0.29) is 0 Å². The molecule has 0 aromatic heterocycles. The van der Waals surface area contributed by atoms with E-state index in [4.69, 9.17) is 0 Å². The maximum atomic E-state index is 3.11. The molecule has 2 heterocycles. The zero-order valence-corrected chi connectivity index (χ0v) is 6.09. The Balaban J connectivity index is 2.02. The maximum Gasteiger partial charge on any atom is 0.126 e. The van der Waals surface area contributed by atoms with Crippen molar-refractivity contribution in [3.05, 3.63) is 0 Å². The molecule has 54 valence electrons.